The van der Waals surface area contributed by atoms with Gasteiger partial charge in [0.2, 0.25) is 0 Å². The summed E-state index contributed by atoms with van der Waals surface area (Å²) in [6, 6.07) is 11.1. The standard InChI is InChI=1S/C15H19N3O2/c1-3-11(2)18-14(19)9-13(17-15(18)20)16-10-12-7-5-4-6-8-12/h4-9,11,16H,3,10H2,1-2H3,(H,17,20). The lowest BCUT2D eigenvalue weighted by Gasteiger charge is -2.12. The SMILES string of the molecule is CCC(C)n1c(=O)cc(NCc2ccccc2)[nH]c1=O. The summed E-state index contributed by atoms with van der Waals surface area (Å²) in [4.78, 5) is 26.6. The van der Waals surface area contributed by atoms with Gasteiger partial charge in [0.15, 0.2) is 0 Å². The predicted molar refractivity (Wildman–Crippen MR) is 80.1 cm³/mol. The summed E-state index contributed by atoms with van der Waals surface area (Å²) in [5.41, 5.74) is 0.431. The van der Waals surface area contributed by atoms with Crippen molar-refractivity contribution < 1.29 is 0 Å². The summed E-state index contributed by atoms with van der Waals surface area (Å²) in [5, 5.41) is 3.06. The highest BCUT2D eigenvalue weighted by atomic mass is 16.2. The van der Waals surface area contributed by atoms with Crippen LogP contribution in [-0.2, 0) is 6.54 Å². The second-order valence-electron chi connectivity index (χ2n) is 4.79. The lowest BCUT2D eigenvalue weighted by atomic mass is 10.2. The van der Waals surface area contributed by atoms with Crippen molar-refractivity contribution in [2.45, 2.75) is 32.9 Å². The molecule has 0 radical (unpaired) electrons. The Hall–Kier alpha value is -2.30. The van der Waals surface area contributed by atoms with Crippen molar-refractivity contribution >= 4 is 5.82 Å². The van der Waals surface area contributed by atoms with Crippen LogP contribution < -0.4 is 16.6 Å². The summed E-state index contributed by atoms with van der Waals surface area (Å²) < 4.78 is 1.24. The van der Waals surface area contributed by atoms with Crippen LogP contribution >= 0.6 is 0 Å². The molecule has 0 bridgehead atoms. The van der Waals surface area contributed by atoms with Gasteiger partial charge in [-0.25, -0.2) is 4.79 Å². The fourth-order valence-electron chi connectivity index (χ4n) is 1.99. The third-order valence-electron chi connectivity index (χ3n) is 3.32. The summed E-state index contributed by atoms with van der Waals surface area (Å²) in [6.07, 6.45) is 0.736. The molecule has 2 aromatic rings. The molecule has 0 spiro atoms. The first-order valence-corrected chi connectivity index (χ1v) is 6.75. The van der Waals surface area contributed by atoms with Crippen LogP contribution in [0.15, 0.2) is 46.0 Å². The van der Waals surface area contributed by atoms with E-state index in [0.29, 0.717) is 12.4 Å². The molecular formula is C15H19N3O2. The molecule has 0 aliphatic heterocycles. The Labute approximate surface area is 117 Å². The van der Waals surface area contributed by atoms with Gasteiger partial charge < -0.3 is 5.32 Å². The second-order valence-corrected chi connectivity index (χ2v) is 4.79. The van der Waals surface area contributed by atoms with Gasteiger partial charge in [0, 0.05) is 18.7 Å². The van der Waals surface area contributed by atoms with Gasteiger partial charge in [-0.05, 0) is 18.9 Å². The molecule has 0 saturated carbocycles. The number of hydrogen-bond acceptors (Lipinski definition) is 3. The van der Waals surface area contributed by atoms with Crippen LogP contribution in [0.1, 0.15) is 31.9 Å². The van der Waals surface area contributed by atoms with E-state index in [2.05, 4.69) is 10.3 Å². The zero-order valence-electron chi connectivity index (χ0n) is 11.7. The van der Waals surface area contributed by atoms with Gasteiger partial charge in [-0.1, -0.05) is 37.3 Å². The van der Waals surface area contributed by atoms with Gasteiger partial charge in [-0.2, -0.15) is 0 Å². The normalized spacial score (nSPS) is 12.1. The molecule has 1 atom stereocenters. The average molecular weight is 273 g/mol. The van der Waals surface area contributed by atoms with E-state index in [-0.39, 0.29) is 17.3 Å². The quantitative estimate of drug-likeness (QED) is 0.877. The predicted octanol–water partition coefficient (Wildman–Crippen LogP) is 2.12. The summed E-state index contributed by atoms with van der Waals surface area (Å²) in [7, 11) is 0. The van der Waals surface area contributed by atoms with Crippen molar-refractivity contribution in [3.05, 3.63) is 62.8 Å². The Balaban J connectivity index is 2.19. The molecular weight excluding hydrogens is 254 g/mol. The third-order valence-corrected chi connectivity index (χ3v) is 3.32. The number of rotatable bonds is 5. The maximum atomic E-state index is 12.0. The van der Waals surface area contributed by atoms with Crippen LogP contribution in [0.25, 0.3) is 0 Å². The Morgan fingerprint density at radius 2 is 1.95 bits per heavy atom. The van der Waals surface area contributed by atoms with E-state index in [9.17, 15) is 9.59 Å². The molecule has 0 aliphatic carbocycles. The molecule has 2 rings (SSSR count). The third kappa shape index (κ3) is 3.17. The molecule has 106 valence electrons. The smallest absolute Gasteiger partial charge is 0.330 e. The monoisotopic (exact) mass is 273 g/mol. The molecule has 2 N–H and O–H groups in total. The molecule has 1 aromatic carbocycles. The van der Waals surface area contributed by atoms with Gasteiger partial charge in [0.25, 0.3) is 5.56 Å². The van der Waals surface area contributed by atoms with Crippen LogP contribution in [0.4, 0.5) is 5.82 Å². The minimum absolute atomic E-state index is 0.102. The van der Waals surface area contributed by atoms with Gasteiger partial charge >= 0.3 is 5.69 Å². The highest BCUT2D eigenvalue weighted by Gasteiger charge is 2.09. The first-order chi connectivity index (χ1) is 9.61. The van der Waals surface area contributed by atoms with Crippen molar-refractivity contribution in [1.82, 2.24) is 9.55 Å². The molecule has 5 heteroatoms. The Morgan fingerprint density at radius 3 is 2.55 bits per heavy atom. The van der Waals surface area contributed by atoms with Crippen molar-refractivity contribution in [2.24, 2.45) is 0 Å². The number of nitrogens with zero attached hydrogens (tertiary/aromatic N) is 1. The molecule has 5 nitrogen and oxygen atoms in total. The number of aromatic amines is 1. The molecule has 1 unspecified atom stereocenters. The first kappa shape index (κ1) is 14.1. The summed E-state index contributed by atoms with van der Waals surface area (Å²) >= 11 is 0. The van der Waals surface area contributed by atoms with Crippen LogP contribution in [-0.4, -0.2) is 9.55 Å². The van der Waals surface area contributed by atoms with E-state index in [1.165, 1.54) is 10.6 Å². The summed E-state index contributed by atoms with van der Waals surface area (Å²) in [6.45, 7) is 4.36. The Bertz CT molecular complexity index is 642. The van der Waals surface area contributed by atoms with Crippen molar-refractivity contribution in [2.75, 3.05) is 5.32 Å². The largest absolute Gasteiger partial charge is 0.367 e. The average Bonchev–Trinajstić information content (AvgIpc) is 2.45. The minimum atomic E-state index is -0.373. The lowest BCUT2D eigenvalue weighted by Crippen LogP contribution is -2.37. The number of aromatic nitrogens is 2. The molecule has 0 aliphatic rings. The van der Waals surface area contributed by atoms with Crippen LogP contribution in [0.3, 0.4) is 0 Å². The van der Waals surface area contributed by atoms with E-state index in [4.69, 9.17) is 0 Å². The number of hydrogen-bond donors (Lipinski definition) is 2. The van der Waals surface area contributed by atoms with E-state index in [1.807, 2.05) is 44.2 Å². The van der Waals surface area contributed by atoms with Crippen molar-refractivity contribution in [3.8, 4) is 0 Å². The maximum Gasteiger partial charge on any atom is 0.330 e. The fraction of sp³-hybridized carbons (Fsp3) is 0.333. The van der Waals surface area contributed by atoms with Crippen LogP contribution in [0, 0.1) is 0 Å². The maximum absolute atomic E-state index is 12.0. The molecule has 1 aromatic heterocycles. The fourth-order valence-corrected chi connectivity index (χ4v) is 1.99. The molecule has 0 fully saturated rings. The van der Waals surface area contributed by atoms with E-state index < -0.39 is 0 Å². The van der Waals surface area contributed by atoms with E-state index in [0.717, 1.165) is 12.0 Å². The topological polar surface area (TPSA) is 66.9 Å². The zero-order valence-corrected chi connectivity index (χ0v) is 11.7. The number of H-pyrrole nitrogens is 1. The highest BCUT2D eigenvalue weighted by Crippen LogP contribution is 2.05. The van der Waals surface area contributed by atoms with Crippen LogP contribution in [0.2, 0.25) is 0 Å². The molecule has 0 saturated heterocycles. The minimum Gasteiger partial charge on any atom is -0.367 e. The number of benzene rings is 1. The van der Waals surface area contributed by atoms with Gasteiger partial charge in [0.05, 0.1) is 0 Å². The zero-order chi connectivity index (χ0) is 14.5. The van der Waals surface area contributed by atoms with Gasteiger partial charge in [-0.15, -0.1) is 0 Å². The van der Waals surface area contributed by atoms with E-state index in [1.54, 1.807) is 0 Å². The number of nitrogens with one attached hydrogen (secondary N) is 2. The van der Waals surface area contributed by atoms with Crippen molar-refractivity contribution in [3.63, 3.8) is 0 Å². The number of anilines is 1. The van der Waals surface area contributed by atoms with Gasteiger partial charge in [0.1, 0.15) is 5.82 Å². The molecule has 20 heavy (non-hydrogen) atoms. The van der Waals surface area contributed by atoms with E-state index >= 15 is 0 Å². The second kappa shape index (κ2) is 6.23. The first-order valence-electron chi connectivity index (χ1n) is 6.75. The molecule has 1 heterocycles. The summed E-state index contributed by atoms with van der Waals surface area (Å²) in [5.74, 6) is 0.448. The Kier molecular flexibility index (Phi) is 4.40. The van der Waals surface area contributed by atoms with Crippen LogP contribution in [0.5, 0.6) is 0 Å². The van der Waals surface area contributed by atoms with Gasteiger partial charge in [-0.3, -0.25) is 14.3 Å². The highest BCUT2D eigenvalue weighted by molar-refractivity contribution is 5.33. The van der Waals surface area contributed by atoms with Crippen molar-refractivity contribution in [1.29, 1.82) is 0 Å². The lowest BCUT2D eigenvalue weighted by molar-refractivity contribution is 0.490. The molecule has 0 amide bonds. The Morgan fingerprint density at radius 1 is 1.25 bits per heavy atom.